The van der Waals surface area contributed by atoms with Crippen LogP contribution < -0.4 is 20.1 Å². The molecule has 0 bridgehead atoms. The summed E-state index contributed by atoms with van der Waals surface area (Å²) in [4.78, 5) is 4.10. The summed E-state index contributed by atoms with van der Waals surface area (Å²) in [5.74, 6) is 2.04. The van der Waals surface area contributed by atoms with Gasteiger partial charge in [0.1, 0.15) is 17.6 Å². The Bertz CT molecular complexity index is 697. The first-order valence-corrected chi connectivity index (χ1v) is 10.2. The summed E-state index contributed by atoms with van der Waals surface area (Å²) in [6, 6.07) is 7.40. The molecule has 0 saturated heterocycles. The van der Waals surface area contributed by atoms with E-state index in [1.165, 1.54) is 0 Å². The number of rotatable bonds is 8. The van der Waals surface area contributed by atoms with Crippen LogP contribution in [0.4, 0.5) is 0 Å². The molecule has 0 aliphatic rings. The Morgan fingerprint density at radius 2 is 1.88 bits per heavy atom. The zero-order valence-electron chi connectivity index (χ0n) is 16.5. The van der Waals surface area contributed by atoms with Gasteiger partial charge in [-0.3, -0.25) is 4.99 Å². The summed E-state index contributed by atoms with van der Waals surface area (Å²) in [7, 11) is 0.0887. The maximum absolute atomic E-state index is 12.1. The number of nitrogens with zero attached hydrogens (tertiary/aromatic N) is 1. The van der Waals surface area contributed by atoms with Gasteiger partial charge >= 0.3 is 0 Å². The van der Waals surface area contributed by atoms with Gasteiger partial charge in [0.05, 0.1) is 24.2 Å². The van der Waals surface area contributed by atoms with E-state index >= 15 is 0 Å². The van der Waals surface area contributed by atoms with Gasteiger partial charge in [0.15, 0.2) is 15.8 Å². The third-order valence-corrected chi connectivity index (χ3v) is 6.36. The quantitative estimate of drug-likeness (QED) is 0.524. The summed E-state index contributed by atoms with van der Waals surface area (Å²) in [6.45, 7) is 7.85. The fraction of sp³-hybridized carbons (Fsp3) is 0.611. The van der Waals surface area contributed by atoms with Crippen LogP contribution in [0.3, 0.4) is 0 Å². The van der Waals surface area contributed by atoms with Gasteiger partial charge in [0.2, 0.25) is 0 Å². The summed E-state index contributed by atoms with van der Waals surface area (Å²) in [6.07, 6.45) is -0.112. The third kappa shape index (κ3) is 7.11. The van der Waals surface area contributed by atoms with Crippen LogP contribution in [0.15, 0.2) is 29.3 Å². The molecule has 26 heavy (non-hydrogen) atoms. The fourth-order valence-electron chi connectivity index (χ4n) is 2.02. The molecule has 0 spiro atoms. The number of benzene rings is 1. The standard InChI is InChI=1S/C18H31N3O4S/c1-14(25-16-9-7-8-15(12-16)24-6)13-21-17(19-5)20-10-11-26(22,23)18(2,3)4/h7-9,12,14H,10-11,13H2,1-6H3,(H2,19,20,21). The molecule has 1 atom stereocenters. The van der Waals surface area contributed by atoms with Crippen LogP contribution in [0.25, 0.3) is 0 Å². The molecule has 0 aromatic heterocycles. The predicted molar refractivity (Wildman–Crippen MR) is 106 cm³/mol. The lowest BCUT2D eigenvalue weighted by atomic mass is 10.3. The van der Waals surface area contributed by atoms with Gasteiger partial charge in [-0.25, -0.2) is 8.42 Å². The van der Waals surface area contributed by atoms with Gasteiger partial charge in [-0.05, 0) is 39.8 Å². The molecule has 8 heteroatoms. The molecular formula is C18H31N3O4S. The highest BCUT2D eigenvalue weighted by Gasteiger charge is 2.28. The number of nitrogens with one attached hydrogen (secondary N) is 2. The summed E-state index contributed by atoms with van der Waals surface area (Å²) >= 11 is 0. The minimum absolute atomic E-state index is 0.0487. The van der Waals surface area contributed by atoms with Crippen molar-refractivity contribution in [1.82, 2.24) is 10.6 Å². The Morgan fingerprint density at radius 3 is 2.46 bits per heavy atom. The zero-order chi connectivity index (χ0) is 19.8. The van der Waals surface area contributed by atoms with E-state index in [4.69, 9.17) is 9.47 Å². The van der Waals surface area contributed by atoms with Crippen LogP contribution in [0.1, 0.15) is 27.7 Å². The van der Waals surface area contributed by atoms with E-state index in [1.54, 1.807) is 34.9 Å². The van der Waals surface area contributed by atoms with Crippen molar-refractivity contribution in [1.29, 1.82) is 0 Å². The first-order chi connectivity index (χ1) is 12.1. The number of methoxy groups -OCH3 is 1. The van der Waals surface area contributed by atoms with Crippen LogP contribution in [0, 0.1) is 0 Å². The second kappa shape index (κ2) is 9.66. The Kier molecular flexibility index (Phi) is 8.20. The molecule has 0 fully saturated rings. The molecule has 1 aromatic carbocycles. The number of hydrogen-bond donors (Lipinski definition) is 2. The molecule has 1 unspecified atom stereocenters. The van der Waals surface area contributed by atoms with Crippen LogP contribution in [-0.2, 0) is 9.84 Å². The zero-order valence-corrected chi connectivity index (χ0v) is 17.3. The first kappa shape index (κ1) is 22.1. The number of aliphatic imine (C=N–C) groups is 1. The van der Waals surface area contributed by atoms with E-state index in [2.05, 4.69) is 15.6 Å². The van der Waals surface area contributed by atoms with Gasteiger partial charge < -0.3 is 20.1 Å². The van der Waals surface area contributed by atoms with E-state index in [1.807, 2.05) is 31.2 Å². The Morgan fingerprint density at radius 1 is 1.23 bits per heavy atom. The van der Waals surface area contributed by atoms with Crippen molar-refractivity contribution in [2.75, 3.05) is 33.0 Å². The number of ether oxygens (including phenoxy) is 2. The van der Waals surface area contributed by atoms with Crippen LogP contribution in [0.2, 0.25) is 0 Å². The average molecular weight is 386 g/mol. The Labute approximate surface area is 157 Å². The predicted octanol–water partition coefficient (Wildman–Crippen LogP) is 1.84. The van der Waals surface area contributed by atoms with Crippen molar-refractivity contribution < 1.29 is 17.9 Å². The highest BCUT2D eigenvalue weighted by atomic mass is 32.2. The second-order valence-electron chi connectivity index (χ2n) is 6.92. The molecule has 1 aromatic rings. The van der Waals surface area contributed by atoms with Gasteiger partial charge in [-0.15, -0.1) is 0 Å². The number of guanidine groups is 1. The van der Waals surface area contributed by atoms with Gasteiger partial charge in [0.25, 0.3) is 0 Å². The van der Waals surface area contributed by atoms with Crippen molar-refractivity contribution in [2.24, 2.45) is 4.99 Å². The normalized spacial score (nSPS) is 13.8. The summed E-state index contributed by atoms with van der Waals surface area (Å²) in [5, 5.41) is 6.15. The summed E-state index contributed by atoms with van der Waals surface area (Å²) < 4.78 is 34.5. The molecule has 7 nitrogen and oxygen atoms in total. The van der Waals surface area contributed by atoms with Crippen LogP contribution in [0.5, 0.6) is 11.5 Å². The molecule has 2 N–H and O–H groups in total. The second-order valence-corrected chi connectivity index (χ2v) is 9.78. The molecule has 0 aliphatic carbocycles. The summed E-state index contributed by atoms with van der Waals surface area (Å²) in [5.41, 5.74) is 0. The highest BCUT2D eigenvalue weighted by Crippen LogP contribution is 2.19. The van der Waals surface area contributed by atoms with Crippen LogP contribution >= 0.6 is 0 Å². The molecule has 0 heterocycles. The van der Waals surface area contributed by atoms with Gasteiger partial charge in [0, 0.05) is 19.7 Å². The van der Waals surface area contributed by atoms with E-state index in [-0.39, 0.29) is 11.9 Å². The smallest absolute Gasteiger partial charge is 0.191 e. The minimum atomic E-state index is -3.16. The molecular weight excluding hydrogens is 354 g/mol. The lowest BCUT2D eigenvalue weighted by molar-refractivity contribution is 0.223. The monoisotopic (exact) mass is 385 g/mol. The molecule has 0 amide bonds. The number of hydrogen-bond acceptors (Lipinski definition) is 5. The lowest BCUT2D eigenvalue weighted by Gasteiger charge is -2.20. The largest absolute Gasteiger partial charge is 0.497 e. The average Bonchev–Trinajstić information content (AvgIpc) is 2.57. The van der Waals surface area contributed by atoms with Crippen molar-refractivity contribution in [2.45, 2.75) is 38.5 Å². The molecule has 148 valence electrons. The third-order valence-electron chi connectivity index (χ3n) is 3.76. The minimum Gasteiger partial charge on any atom is -0.497 e. The van der Waals surface area contributed by atoms with E-state index in [0.29, 0.717) is 19.0 Å². The van der Waals surface area contributed by atoms with E-state index < -0.39 is 14.6 Å². The van der Waals surface area contributed by atoms with Gasteiger partial charge in [-0.1, -0.05) is 6.07 Å². The van der Waals surface area contributed by atoms with Crippen molar-refractivity contribution >= 4 is 15.8 Å². The van der Waals surface area contributed by atoms with E-state index in [0.717, 1.165) is 11.5 Å². The Hall–Kier alpha value is -1.96. The van der Waals surface area contributed by atoms with Crippen molar-refractivity contribution in [3.05, 3.63) is 24.3 Å². The fourth-order valence-corrected chi connectivity index (χ4v) is 3.00. The molecule has 0 saturated carbocycles. The van der Waals surface area contributed by atoms with Gasteiger partial charge in [-0.2, -0.15) is 0 Å². The lowest BCUT2D eigenvalue weighted by Crippen LogP contribution is -2.44. The van der Waals surface area contributed by atoms with Crippen molar-refractivity contribution in [3.63, 3.8) is 0 Å². The maximum Gasteiger partial charge on any atom is 0.191 e. The molecule has 0 aliphatic heterocycles. The Balaban J connectivity index is 2.44. The molecule has 1 rings (SSSR count). The first-order valence-electron chi connectivity index (χ1n) is 8.56. The maximum atomic E-state index is 12.1. The van der Waals surface area contributed by atoms with E-state index in [9.17, 15) is 8.42 Å². The highest BCUT2D eigenvalue weighted by molar-refractivity contribution is 7.92. The van der Waals surface area contributed by atoms with Crippen LogP contribution in [-0.4, -0.2) is 58.2 Å². The molecule has 0 radical (unpaired) electrons. The SMILES string of the molecule is CN=C(NCCS(=O)(=O)C(C)(C)C)NCC(C)Oc1cccc(OC)c1. The van der Waals surface area contributed by atoms with Crippen molar-refractivity contribution in [3.8, 4) is 11.5 Å². The number of sulfone groups is 1. The topological polar surface area (TPSA) is 89.0 Å².